The maximum Gasteiger partial charge on any atom is 0.497 e. The van der Waals surface area contributed by atoms with E-state index in [-0.39, 0.29) is 100.0 Å². The molecule has 38 heteroatoms. The fourth-order valence-electron chi connectivity index (χ4n) is 14.6. The zero-order valence-corrected chi connectivity index (χ0v) is 69.1. The zero-order chi connectivity index (χ0) is 84.3. The Hall–Kier alpha value is -7.98. The van der Waals surface area contributed by atoms with E-state index in [0.717, 1.165) is 77.6 Å². The van der Waals surface area contributed by atoms with Crippen molar-refractivity contribution in [3.05, 3.63) is 183 Å². The van der Waals surface area contributed by atoms with Crippen LogP contribution in [0.4, 0.5) is 19.0 Å². The molecule has 1 unspecified atom stereocenters. The number of aromatic amines is 1. The fraction of sp³-hybridized carbons (Fsp3) is 0.444. The number of benzene rings is 2. The summed E-state index contributed by atoms with van der Waals surface area (Å²) >= 11 is 23.9. The molecule has 0 bridgehead atoms. The van der Waals surface area contributed by atoms with Gasteiger partial charge in [0, 0.05) is 76.0 Å². The molecule has 10 heterocycles. The molecule has 1 saturated heterocycles. The van der Waals surface area contributed by atoms with Crippen LogP contribution in [0, 0.1) is 43.1 Å². The molecule has 119 heavy (non-hydrogen) atoms. The SMILES string of the molecule is C.C.Cc1ccc(S(=O)(=O)n2cc(-c3ncc(F)c(C[C@H]4CCC[C@@H](O)[C@H]4O)n3)c3cc(Cl)cnc32)cc1.Cc1ccc(S(=O)(=O)n2cc(B3OC(C)(C)C(C)(C)O3)c3cc(Cl)cnc32)cc1.N[C@H]1CCC[C@@H](O)[C@H]1O.O[C@@H]1CCCC(Nc2nc(Cl)ncc2F)[C@@H]1O.O[C@H]1[C@@H](Cc2nc(-c3c[nH]c4ncc(Cl)cc34)ncc2F)CCC[C@H]1O. The number of H-pyrrole nitrogens is 1. The summed E-state index contributed by atoms with van der Waals surface area (Å²) in [6.07, 6.45) is 14.3. The Balaban J connectivity index is 0.000000164. The first-order valence-electron chi connectivity index (χ1n) is 38.0. The molecule has 1 aliphatic heterocycles. The monoisotopic (exact) mass is 1760 g/mol. The van der Waals surface area contributed by atoms with E-state index in [1.54, 1.807) is 60.8 Å². The first kappa shape index (κ1) is 93.3. The average molecular weight is 1770 g/mol. The summed E-state index contributed by atoms with van der Waals surface area (Å²) in [5.74, 6) is -1.97. The lowest BCUT2D eigenvalue weighted by Gasteiger charge is -2.32. The molecule has 12 atom stereocenters. The van der Waals surface area contributed by atoms with Gasteiger partial charge >= 0.3 is 7.12 Å². The van der Waals surface area contributed by atoms with E-state index in [2.05, 4.69) is 55.2 Å². The number of halogens is 7. The summed E-state index contributed by atoms with van der Waals surface area (Å²) < 4.78 is 110. The van der Waals surface area contributed by atoms with Crippen LogP contribution < -0.4 is 16.5 Å². The molecule has 4 saturated carbocycles. The summed E-state index contributed by atoms with van der Waals surface area (Å²) in [6, 6.07) is 17.5. The van der Waals surface area contributed by atoms with Crippen molar-refractivity contribution in [3.63, 3.8) is 0 Å². The minimum absolute atomic E-state index is 0. The number of pyridine rings is 3. The largest absolute Gasteiger partial charge is 0.497 e. The molecule has 640 valence electrons. The predicted molar refractivity (Wildman–Crippen MR) is 449 cm³/mol. The molecule has 0 amide bonds. The van der Waals surface area contributed by atoms with Crippen LogP contribution in [-0.4, -0.2) is 195 Å². The molecule has 11 aromatic rings. The quantitative estimate of drug-likeness (QED) is 0.0377. The predicted octanol–water partition coefficient (Wildman–Crippen LogP) is 11.8. The number of aromatic nitrogens is 12. The van der Waals surface area contributed by atoms with E-state index < -0.39 is 111 Å². The smallest absolute Gasteiger partial charge is 0.399 e. The van der Waals surface area contributed by atoms with E-state index in [1.807, 2.05) is 41.5 Å². The number of aliphatic hydroxyl groups is 8. The van der Waals surface area contributed by atoms with E-state index in [9.17, 15) is 60.6 Å². The number of hydrogen-bond donors (Lipinski definition) is 11. The number of anilines is 1. The molecular weight excluding hydrogens is 1670 g/mol. The number of fused-ring (bicyclic) bond motifs is 3. The van der Waals surface area contributed by atoms with Crippen LogP contribution >= 0.6 is 46.4 Å². The van der Waals surface area contributed by atoms with Crippen molar-refractivity contribution in [2.24, 2.45) is 17.6 Å². The molecule has 5 fully saturated rings. The Morgan fingerprint density at radius 3 is 1.45 bits per heavy atom. The maximum absolute atomic E-state index is 14.7. The van der Waals surface area contributed by atoms with Crippen LogP contribution in [0.3, 0.4) is 0 Å². The van der Waals surface area contributed by atoms with Crippen LogP contribution in [0.15, 0.2) is 132 Å². The van der Waals surface area contributed by atoms with Crippen LogP contribution in [-0.2, 0) is 42.2 Å². The Bertz CT molecular complexity index is 5570. The number of nitrogens with zero attached hydrogens (tertiary/aromatic N) is 11. The van der Waals surface area contributed by atoms with Crippen molar-refractivity contribution in [2.45, 2.75) is 228 Å². The molecule has 0 radical (unpaired) electrons. The number of aliphatic hydroxyl groups excluding tert-OH is 8. The highest BCUT2D eigenvalue weighted by Gasteiger charge is 2.53. The van der Waals surface area contributed by atoms with Crippen molar-refractivity contribution in [2.75, 3.05) is 5.32 Å². The number of hydrogen-bond acceptors (Lipinski definition) is 25. The normalized spacial score (nSPS) is 23.4. The van der Waals surface area contributed by atoms with Crippen molar-refractivity contribution < 1.29 is 80.2 Å². The van der Waals surface area contributed by atoms with Gasteiger partial charge in [-0.25, -0.2) is 77.8 Å². The molecule has 28 nitrogen and oxygen atoms in total. The van der Waals surface area contributed by atoms with Crippen molar-refractivity contribution in [1.29, 1.82) is 0 Å². The molecule has 9 aromatic heterocycles. The second kappa shape index (κ2) is 39.0. The third-order valence-corrected chi connectivity index (χ3v) is 26.1. The Morgan fingerprint density at radius 1 is 0.521 bits per heavy atom. The Labute approximate surface area is 708 Å². The van der Waals surface area contributed by atoms with Gasteiger partial charge in [-0.05, 0) is 184 Å². The summed E-state index contributed by atoms with van der Waals surface area (Å²) in [4.78, 5) is 40.2. The van der Waals surface area contributed by atoms with Crippen molar-refractivity contribution in [1.82, 2.24) is 57.8 Å². The van der Waals surface area contributed by atoms with Gasteiger partial charge in [0.05, 0.1) is 121 Å². The number of aryl methyl sites for hydroxylation is 2. The first-order chi connectivity index (χ1) is 55.4. The van der Waals surface area contributed by atoms with Crippen molar-refractivity contribution >= 4 is 118 Å². The van der Waals surface area contributed by atoms with E-state index in [1.165, 1.54) is 47.1 Å². The average Bonchev–Trinajstić information content (AvgIpc) is 1.57. The van der Waals surface area contributed by atoms with Gasteiger partial charge in [-0.15, -0.1) is 0 Å². The van der Waals surface area contributed by atoms with Gasteiger partial charge < -0.3 is 66.2 Å². The second-order valence-electron chi connectivity index (χ2n) is 30.9. The highest BCUT2D eigenvalue weighted by Crippen LogP contribution is 2.40. The maximum atomic E-state index is 14.7. The molecule has 2 aromatic carbocycles. The van der Waals surface area contributed by atoms with Gasteiger partial charge in [0.25, 0.3) is 20.0 Å². The van der Waals surface area contributed by atoms with Gasteiger partial charge in [-0.3, -0.25) is 0 Å². The topological polar surface area (TPSA) is 428 Å². The minimum atomic E-state index is -4.02. The lowest BCUT2D eigenvalue weighted by atomic mass is 9.79. The van der Waals surface area contributed by atoms with Gasteiger partial charge in [-0.1, -0.05) is 97.9 Å². The van der Waals surface area contributed by atoms with Gasteiger partial charge in [0.15, 0.2) is 46.2 Å². The number of nitrogens with one attached hydrogen (secondary N) is 2. The lowest BCUT2D eigenvalue weighted by Crippen LogP contribution is -2.46. The van der Waals surface area contributed by atoms with E-state index in [0.29, 0.717) is 87.4 Å². The Kier molecular flexibility index (Phi) is 30.6. The zero-order valence-electron chi connectivity index (χ0n) is 64.4. The highest BCUT2D eigenvalue weighted by molar-refractivity contribution is 7.90. The molecule has 5 aliphatic rings. The molecular formula is C81H98BCl4F3N14O14S2. The lowest BCUT2D eigenvalue weighted by molar-refractivity contribution is -0.0447. The number of rotatable bonds is 13. The van der Waals surface area contributed by atoms with E-state index >= 15 is 0 Å². The second-order valence-corrected chi connectivity index (χ2v) is 36.1. The number of nitrogens with two attached hydrogens (primary N) is 1. The van der Waals surface area contributed by atoms with Crippen LogP contribution in [0.5, 0.6) is 0 Å². The first-order valence-corrected chi connectivity index (χ1v) is 42.4. The molecule has 4 aliphatic carbocycles. The van der Waals surface area contributed by atoms with Crippen molar-refractivity contribution in [3.8, 4) is 22.8 Å². The third-order valence-electron chi connectivity index (χ3n) is 22.0. The highest BCUT2D eigenvalue weighted by atomic mass is 35.5. The molecule has 16 rings (SSSR count). The molecule has 0 spiro atoms. The van der Waals surface area contributed by atoms with Gasteiger partial charge in [0.1, 0.15) is 5.65 Å². The van der Waals surface area contributed by atoms with Crippen LogP contribution in [0.2, 0.25) is 20.4 Å². The van der Waals surface area contributed by atoms with Gasteiger partial charge in [-0.2, -0.15) is 4.98 Å². The fourth-order valence-corrected chi connectivity index (χ4v) is 17.8. The minimum Gasteiger partial charge on any atom is -0.399 e. The van der Waals surface area contributed by atoms with Crippen LogP contribution in [0.25, 0.3) is 55.9 Å². The summed E-state index contributed by atoms with van der Waals surface area (Å²) in [5.41, 5.74) is 9.17. The van der Waals surface area contributed by atoms with Crippen LogP contribution in [0.1, 0.15) is 142 Å². The standard InChI is InChI=1S/C25H24ClFN4O4S.C20H22BClN2O4S.C18H18ClFN4O2.C10H13ClFN3O2.C6H13NO2.2CH4/c1-14-5-7-17(8-6-14)36(34,35)31-13-19(18-10-16(26)11-29-25(18)31)24-28-12-20(27)21(30-24)9-15-3-2-4-22(32)23(15)33;1-13-6-8-15(9-7-13)29(25,26)24-12-17(16-10-14(22)11-23-18(16)24)21-27-19(2,3)20(4,5)28-21;19-10-5-11-12(7-22-17(11)21-6-10)18-23-8-13(20)14(24-18)4-9-2-1-3-15(25)16(9)26;11-10-13-4-5(12)9(15-10)14-6-2-1-3-7(16)8(6)17;7-4-2-1-3-5(8)6(4)9;;/h5-8,10-13,15,22-23,32-33H,2-4,9H2,1H3;6-12H,1-5H3;5-9,15-16,25-26H,1-4H2,(H,21,22);4,6-8,16-17H,1-3H2,(H,13,14,15);4-6,8-9H,1-3,7H2;2*1H4/t15-,22-,23+;;9-,15-,16+;6?,7-,8+;4-,5+,6-;;/m1.110../s1. The molecule has 12 N–H and O–H groups in total. The summed E-state index contributed by atoms with van der Waals surface area (Å²) in [7, 11) is -8.62. The summed E-state index contributed by atoms with van der Waals surface area (Å²) in [5, 5.41) is 83.3. The van der Waals surface area contributed by atoms with E-state index in [4.69, 9.17) is 71.7 Å². The van der Waals surface area contributed by atoms with Gasteiger partial charge in [0.2, 0.25) is 5.28 Å². The third kappa shape index (κ3) is 21.2. The summed E-state index contributed by atoms with van der Waals surface area (Å²) in [6.45, 7) is 11.5. The Morgan fingerprint density at radius 2 is 0.950 bits per heavy atom.